The number of esters is 1. The number of nitrogens with zero attached hydrogens (tertiary/aromatic N) is 3. The summed E-state index contributed by atoms with van der Waals surface area (Å²) in [4.78, 5) is 40.7. The Morgan fingerprint density at radius 3 is 2.64 bits per heavy atom. The van der Waals surface area contributed by atoms with E-state index in [4.69, 9.17) is 0 Å². The molecule has 0 radical (unpaired) electrons. The molecule has 2 heterocycles. The normalized spacial score (nSPS) is 10.7. The van der Waals surface area contributed by atoms with Crippen LogP contribution >= 0.6 is 11.3 Å². The highest BCUT2D eigenvalue weighted by atomic mass is 32.1. The van der Waals surface area contributed by atoms with Gasteiger partial charge in [-0.3, -0.25) is 9.59 Å². The molecule has 0 aliphatic rings. The number of hydrogen-bond donors (Lipinski definition) is 2. The predicted molar refractivity (Wildman–Crippen MR) is 119 cm³/mol. The average Bonchev–Trinajstić information content (AvgIpc) is 3.40. The third kappa shape index (κ3) is 5.04. The summed E-state index contributed by atoms with van der Waals surface area (Å²) in [6.45, 7) is 0.203. The third-order valence-corrected chi connectivity index (χ3v) is 5.53. The molecule has 0 bridgehead atoms. The summed E-state index contributed by atoms with van der Waals surface area (Å²) < 4.78 is 19.7. The molecule has 2 N–H and O–H groups in total. The maximum atomic E-state index is 13.5. The van der Waals surface area contributed by atoms with E-state index in [-0.39, 0.29) is 12.4 Å². The summed E-state index contributed by atoms with van der Waals surface area (Å²) in [7, 11) is 1.27. The lowest BCUT2D eigenvalue weighted by Gasteiger charge is -2.07. The molecule has 0 aliphatic carbocycles. The van der Waals surface area contributed by atoms with Gasteiger partial charge in [0.1, 0.15) is 5.82 Å². The minimum Gasteiger partial charge on any atom is -0.465 e. The van der Waals surface area contributed by atoms with Crippen molar-refractivity contribution < 1.29 is 23.5 Å². The van der Waals surface area contributed by atoms with Gasteiger partial charge in [0, 0.05) is 29.6 Å². The molecule has 0 atom stereocenters. The van der Waals surface area contributed by atoms with E-state index in [0.29, 0.717) is 34.0 Å². The molecule has 0 saturated carbocycles. The van der Waals surface area contributed by atoms with Gasteiger partial charge in [0.05, 0.1) is 18.4 Å². The number of thiazole rings is 1. The van der Waals surface area contributed by atoms with Gasteiger partial charge in [0.15, 0.2) is 5.82 Å². The number of benzene rings is 2. The maximum absolute atomic E-state index is 13.5. The zero-order valence-electron chi connectivity index (χ0n) is 17.4. The van der Waals surface area contributed by atoms with E-state index in [9.17, 15) is 18.8 Å². The number of methoxy groups -OCH3 is 1. The Morgan fingerprint density at radius 1 is 1.12 bits per heavy atom. The average molecular weight is 467 g/mol. The fraction of sp³-hybridized carbons (Fsp3) is 0.136. The smallest absolute Gasteiger partial charge is 0.337 e. The molecule has 0 unspecified atom stereocenters. The van der Waals surface area contributed by atoms with Gasteiger partial charge in [-0.2, -0.15) is 4.98 Å². The number of hydrogen-bond acceptors (Lipinski definition) is 7. The zero-order chi connectivity index (χ0) is 23.4. The van der Waals surface area contributed by atoms with E-state index in [1.165, 1.54) is 54.8 Å². The number of amides is 2. The minimum absolute atomic E-state index is 0.203. The number of carbonyl (C=O) groups excluding carboxylic acids is 3. The Bertz CT molecular complexity index is 1330. The van der Waals surface area contributed by atoms with E-state index in [1.54, 1.807) is 16.6 Å². The van der Waals surface area contributed by atoms with Crippen LogP contribution in [0, 0.1) is 5.82 Å². The highest BCUT2D eigenvalue weighted by molar-refractivity contribution is 7.15. The number of fused-ring (bicyclic) bond motifs is 1. The molecule has 0 fully saturated rings. The van der Waals surface area contributed by atoms with E-state index < -0.39 is 17.8 Å². The summed E-state index contributed by atoms with van der Waals surface area (Å²) in [5, 5.41) is 11.3. The van der Waals surface area contributed by atoms with Gasteiger partial charge < -0.3 is 15.4 Å². The van der Waals surface area contributed by atoms with Crippen molar-refractivity contribution in [1.29, 1.82) is 0 Å². The lowest BCUT2D eigenvalue weighted by atomic mass is 10.2. The van der Waals surface area contributed by atoms with Crippen molar-refractivity contribution in [3.63, 3.8) is 0 Å². The predicted octanol–water partition coefficient (Wildman–Crippen LogP) is 2.68. The molecule has 9 nitrogen and oxygen atoms in total. The van der Waals surface area contributed by atoms with Gasteiger partial charge in [0.25, 0.3) is 0 Å². The molecule has 2 aromatic heterocycles. The standard InChI is InChI=1S/C22H18FN5O4S/c1-32-21(31)13-5-7-16(8-6-13)25-20(30)19(29)24-10-9-17-12-33-22-26-18(27-28(17)22)14-3-2-4-15(23)11-14/h2-8,11-12H,9-10H2,1H3,(H,24,29)(H,25,30). The van der Waals surface area contributed by atoms with E-state index >= 15 is 0 Å². The maximum Gasteiger partial charge on any atom is 0.337 e. The Hall–Kier alpha value is -4.12. The van der Waals surface area contributed by atoms with Gasteiger partial charge in [-0.15, -0.1) is 16.4 Å². The van der Waals surface area contributed by atoms with Crippen LogP contribution in [0.15, 0.2) is 53.9 Å². The summed E-state index contributed by atoms with van der Waals surface area (Å²) in [5.74, 6) is -2.08. The van der Waals surface area contributed by atoms with Crippen molar-refractivity contribution >= 4 is 39.8 Å². The summed E-state index contributed by atoms with van der Waals surface area (Å²) in [6, 6.07) is 12.0. The zero-order valence-corrected chi connectivity index (χ0v) is 18.2. The quantitative estimate of drug-likeness (QED) is 0.333. The lowest BCUT2D eigenvalue weighted by molar-refractivity contribution is -0.136. The molecule has 2 amide bonds. The SMILES string of the molecule is COC(=O)c1ccc(NC(=O)C(=O)NCCc2csc3nc(-c4cccc(F)c4)nn23)cc1. The first-order valence-corrected chi connectivity index (χ1v) is 10.7. The molecule has 11 heteroatoms. The van der Waals surface area contributed by atoms with Gasteiger partial charge in [-0.1, -0.05) is 12.1 Å². The monoisotopic (exact) mass is 467 g/mol. The highest BCUT2D eigenvalue weighted by Crippen LogP contribution is 2.21. The van der Waals surface area contributed by atoms with Crippen LogP contribution in [-0.4, -0.2) is 46.0 Å². The highest BCUT2D eigenvalue weighted by Gasteiger charge is 2.16. The van der Waals surface area contributed by atoms with Crippen LogP contribution in [0.1, 0.15) is 16.1 Å². The number of ether oxygens (including phenoxy) is 1. The van der Waals surface area contributed by atoms with Gasteiger partial charge >= 0.3 is 17.8 Å². The van der Waals surface area contributed by atoms with Crippen LogP contribution < -0.4 is 10.6 Å². The topological polar surface area (TPSA) is 115 Å². The van der Waals surface area contributed by atoms with Crippen LogP contribution in [0.4, 0.5) is 10.1 Å². The van der Waals surface area contributed by atoms with Gasteiger partial charge in [0.2, 0.25) is 4.96 Å². The Balaban J connectivity index is 1.32. The first-order chi connectivity index (χ1) is 15.9. The second-order valence-electron chi connectivity index (χ2n) is 6.90. The molecule has 4 rings (SSSR count). The summed E-state index contributed by atoms with van der Waals surface area (Å²) in [5.41, 5.74) is 2.07. The van der Waals surface area contributed by atoms with Crippen molar-refractivity contribution in [2.45, 2.75) is 6.42 Å². The van der Waals surface area contributed by atoms with Crippen LogP contribution in [0.25, 0.3) is 16.3 Å². The van der Waals surface area contributed by atoms with Crippen LogP contribution in [0.2, 0.25) is 0 Å². The van der Waals surface area contributed by atoms with Gasteiger partial charge in [-0.05, 0) is 36.4 Å². The third-order valence-electron chi connectivity index (χ3n) is 4.67. The largest absolute Gasteiger partial charge is 0.465 e. The van der Waals surface area contributed by atoms with Gasteiger partial charge in [-0.25, -0.2) is 13.7 Å². The Labute approximate surface area is 191 Å². The summed E-state index contributed by atoms with van der Waals surface area (Å²) in [6.07, 6.45) is 0.415. The van der Waals surface area contributed by atoms with Crippen LogP contribution in [0.5, 0.6) is 0 Å². The number of aromatic nitrogens is 3. The van der Waals surface area contributed by atoms with Crippen molar-refractivity contribution in [3.05, 3.63) is 71.0 Å². The van der Waals surface area contributed by atoms with Crippen LogP contribution in [0.3, 0.4) is 0 Å². The second kappa shape index (κ2) is 9.57. The number of nitrogens with one attached hydrogen (secondary N) is 2. The molecule has 2 aromatic carbocycles. The Morgan fingerprint density at radius 2 is 1.91 bits per heavy atom. The minimum atomic E-state index is -0.828. The molecule has 168 valence electrons. The van der Waals surface area contributed by atoms with Crippen molar-refractivity contribution in [2.24, 2.45) is 0 Å². The Kier molecular flexibility index (Phi) is 6.41. The molecule has 0 saturated heterocycles. The number of halogens is 1. The molecular weight excluding hydrogens is 449 g/mol. The molecule has 4 aromatic rings. The number of carbonyl (C=O) groups is 3. The van der Waals surface area contributed by atoms with Crippen molar-refractivity contribution in [3.8, 4) is 11.4 Å². The molecule has 33 heavy (non-hydrogen) atoms. The van der Waals surface area contributed by atoms with E-state index in [1.807, 2.05) is 5.38 Å². The molecule has 0 aliphatic heterocycles. The lowest BCUT2D eigenvalue weighted by Crippen LogP contribution is -2.36. The first-order valence-electron chi connectivity index (χ1n) is 9.81. The van der Waals surface area contributed by atoms with E-state index in [2.05, 4.69) is 25.5 Å². The second-order valence-corrected chi connectivity index (χ2v) is 7.73. The van der Waals surface area contributed by atoms with Crippen molar-refractivity contribution in [2.75, 3.05) is 19.0 Å². The number of rotatable bonds is 6. The fourth-order valence-corrected chi connectivity index (χ4v) is 3.88. The van der Waals surface area contributed by atoms with E-state index in [0.717, 1.165) is 5.69 Å². The summed E-state index contributed by atoms with van der Waals surface area (Å²) >= 11 is 1.38. The fourth-order valence-electron chi connectivity index (χ4n) is 3.03. The van der Waals surface area contributed by atoms with Crippen LogP contribution in [-0.2, 0) is 20.7 Å². The molecule has 0 spiro atoms. The van der Waals surface area contributed by atoms with Crippen molar-refractivity contribution in [1.82, 2.24) is 19.9 Å². The number of anilines is 1. The molecular formula is C22H18FN5O4S. The first kappa shape index (κ1) is 22.1.